The van der Waals surface area contributed by atoms with Gasteiger partial charge in [0.15, 0.2) is 0 Å². The third-order valence-corrected chi connectivity index (χ3v) is 8.34. The SMILES string of the molecule is CC(=O)Nc1ccc(CNC(=O)C[C@H](N)C(=O)O)c(-n2c(=O)n(S(=O)(=O)c3ccc(Cl)cc3)c(=O)c3ccc(Cl)cc32)c1. The standard InChI is InChI=1S/C27H23Cl2N5O8S/c1-14(35)32-18-6-2-15(13-31-24(36)12-21(30)26(38)39)22(11-18)33-23-10-17(29)5-9-20(23)25(37)34(27(33)40)43(41,42)19-7-3-16(28)4-8-19/h2-11,21H,12-13,30H2,1H3,(H,31,36)(H,32,35)(H,38,39)/t21-/m0/s1. The highest BCUT2D eigenvalue weighted by Crippen LogP contribution is 2.25. The van der Waals surface area contributed by atoms with E-state index in [1.165, 1.54) is 55.5 Å². The molecule has 0 spiro atoms. The molecule has 224 valence electrons. The second-order valence-electron chi connectivity index (χ2n) is 9.26. The molecule has 0 radical (unpaired) electrons. The van der Waals surface area contributed by atoms with E-state index >= 15 is 0 Å². The number of nitrogens with one attached hydrogen (secondary N) is 2. The molecule has 1 atom stereocenters. The van der Waals surface area contributed by atoms with Crippen LogP contribution in [-0.4, -0.2) is 45.9 Å². The summed E-state index contributed by atoms with van der Waals surface area (Å²) in [5.74, 6) is -2.55. The summed E-state index contributed by atoms with van der Waals surface area (Å²) < 4.78 is 28.3. The summed E-state index contributed by atoms with van der Waals surface area (Å²) in [6.45, 7) is 0.970. The van der Waals surface area contributed by atoms with Gasteiger partial charge in [-0.3, -0.25) is 23.7 Å². The number of nitrogens with two attached hydrogens (primary N) is 1. The average Bonchev–Trinajstić information content (AvgIpc) is 2.92. The number of hydrogen-bond acceptors (Lipinski definition) is 8. The van der Waals surface area contributed by atoms with Crippen molar-refractivity contribution in [2.24, 2.45) is 5.73 Å². The number of benzene rings is 3. The lowest BCUT2D eigenvalue weighted by Crippen LogP contribution is -2.43. The number of carbonyl (C=O) groups is 3. The van der Waals surface area contributed by atoms with E-state index in [0.717, 1.165) is 16.7 Å². The van der Waals surface area contributed by atoms with Crippen molar-refractivity contribution in [3.63, 3.8) is 0 Å². The van der Waals surface area contributed by atoms with Crippen LogP contribution in [0.3, 0.4) is 0 Å². The molecule has 1 heterocycles. The maximum absolute atomic E-state index is 14.1. The van der Waals surface area contributed by atoms with Crippen LogP contribution in [0.2, 0.25) is 10.0 Å². The van der Waals surface area contributed by atoms with Gasteiger partial charge in [-0.2, -0.15) is 0 Å². The predicted octanol–water partition coefficient (Wildman–Crippen LogP) is 2.07. The Balaban J connectivity index is 2.01. The topological polar surface area (TPSA) is 200 Å². The van der Waals surface area contributed by atoms with Gasteiger partial charge in [-0.1, -0.05) is 29.3 Å². The average molecular weight is 648 g/mol. The van der Waals surface area contributed by atoms with Gasteiger partial charge < -0.3 is 21.5 Å². The molecule has 0 unspecified atom stereocenters. The fraction of sp³-hybridized carbons (Fsp3) is 0.148. The summed E-state index contributed by atoms with van der Waals surface area (Å²) in [5.41, 5.74) is 3.35. The van der Waals surface area contributed by atoms with E-state index in [9.17, 15) is 32.4 Å². The van der Waals surface area contributed by atoms with Crippen molar-refractivity contribution < 1.29 is 27.9 Å². The zero-order chi connectivity index (χ0) is 31.6. The number of hydrogen-bond donors (Lipinski definition) is 4. The molecule has 0 aliphatic heterocycles. The molecule has 4 aromatic rings. The second-order valence-corrected chi connectivity index (χ2v) is 11.9. The lowest BCUT2D eigenvalue weighted by atomic mass is 10.1. The van der Waals surface area contributed by atoms with Crippen LogP contribution < -0.4 is 27.6 Å². The largest absolute Gasteiger partial charge is 0.480 e. The molecule has 5 N–H and O–H groups in total. The van der Waals surface area contributed by atoms with Gasteiger partial charge in [0.25, 0.3) is 15.6 Å². The number of rotatable bonds is 9. The van der Waals surface area contributed by atoms with Crippen molar-refractivity contribution in [3.8, 4) is 5.69 Å². The van der Waals surface area contributed by atoms with Crippen LogP contribution in [-0.2, 0) is 31.0 Å². The lowest BCUT2D eigenvalue weighted by Gasteiger charge is -2.19. The molecule has 0 fully saturated rings. The molecule has 43 heavy (non-hydrogen) atoms. The van der Waals surface area contributed by atoms with E-state index in [4.69, 9.17) is 34.0 Å². The van der Waals surface area contributed by atoms with E-state index in [-0.39, 0.29) is 53.3 Å². The van der Waals surface area contributed by atoms with Gasteiger partial charge in [-0.25, -0.2) is 13.2 Å². The molecule has 1 aromatic heterocycles. The number of anilines is 1. The molecule has 2 amide bonds. The van der Waals surface area contributed by atoms with Crippen LogP contribution in [0.5, 0.6) is 0 Å². The molecular formula is C27H23Cl2N5O8S. The first-order valence-corrected chi connectivity index (χ1v) is 14.5. The summed E-state index contributed by atoms with van der Waals surface area (Å²) in [4.78, 5) is 62.5. The Hall–Kier alpha value is -4.50. The number of carbonyl (C=O) groups excluding carboxylic acids is 2. The van der Waals surface area contributed by atoms with Crippen LogP contribution in [0, 0.1) is 0 Å². The predicted molar refractivity (Wildman–Crippen MR) is 159 cm³/mol. The third-order valence-electron chi connectivity index (χ3n) is 6.18. The van der Waals surface area contributed by atoms with Crippen molar-refractivity contribution in [3.05, 3.63) is 97.1 Å². The molecule has 16 heteroatoms. The number of fused-ring (bicyclic) bond motifs is 1. The first-order valence-electron chi connectivity index (χ1n) is 12.3. The van der Waals surface area contributed by atoms with Gasteiger partial charge in [-0.05, 0) is 60.2 Å². The molecule has 13 nitrogen and oxygen atoms in total. The van der Waals surface area contributed by atoms with Crippen molar-refractivity contribution in [2.45, 2.75) is 30.8 Å². The van der Waals surface area contributed by atoms with Crippen molar-refractivity contribution in [1.29, 1.82) is 0 Å². The first kappa shape index (κ1) is 31.4. The van der Waals surface area contributed by atoms with Crippen LogP contribution >= 0.6 is 23.2 Å². The normalized spacial score (nSPS) is 12.1. The van der Waals surface area contributed by atoms with Gasteiger partial charge >= 0.3 is 11.7 Å². The Morgan fingerprint density at radius 3 is 2.26 bits per heavy atom. The third kappa shape index (κ3) is 6.62. The molecule has 0 bridgehead atoms. The van der Waals surface area contributed by atoms with E-state index in [0.29, 0.717) is 0 Å². The monoisotopic (exact) mass is 647 g/mol. The fourth-order valence-electron chi connectivity index (χ4n) is 4.17. The summed E-state index contributed by atoms with van der Waals surface area (Å²) >= 11 is 12.1. The Morgan fingerprint density at radius 1 is 0.977 bits per heavy atom. The highest BCUT2D eigenvalue weighted by molar-refractivity contribution is 7.90. The Bertz CT molecular complexity index is 2010. The zero-order valence-electron chi connectivity index (χ0n) is 22.2. The minimum Gasteiger partial charge on any atom is -0.480 e. The summed E-state index contributed by atoms with van der Waals surface area (Å²) in [7, 11) is -4.77. The minimum absolute atomic E-state index is 0.0218. The Kier molecular flexibility index (Phi) is 9.06. The highest BCUT2D eigenvalue weighted by atomic mass is 35.5. The maximum Gasteiger partial charge on any atom is 0.350 e. The molecular weight excluding hydrogens is 625 g/mol. The quantitative estimate of drug-likeness (QED) is 0.210. The van der Waals surface area contributed by atoms with Crippen LogP contribution in [0.1, 0.15) is 18.9 Å². The summed E-state index contributed by atoms with van der Waals surface area (Å²) in [5, 5.41) is 14.2. The number of nitrogens with zero attached hydrogens (tertiary/aromatic N) is 2. The zero-order valence-corrected chi connectivity index (χ0v) is 24.5. The molecule has 0 saturated heterocycles. The molecule has 0 aliphatic rings. The smallest absolute Gasteiger partial charge is 0.350 e. The highest BCUT2D eigenvalue weighted by Gasteiger charge is 2.27. The van der Waals surface area contributed by atoms with Crippen LogP contribution in [0.15, 0.2) is 75.1 Å². The minimum atomic E-state index is -4.77. The van der Waals surface area contributed by atoms with Crippen molar-refractivity contribution in [1.82, 2.24) is 13.9 Å². The number of carboxylic acid groups (broad SMARTS) is 1. The van der Waals surface area contributed by atoms with Crippen LogP contribution in [0.25, 0.3) is 16.6 Å². The van der Waals surface area contributed by atoms with Gasteiger partial charge in [0.2, 0.25) is 11.8 Å². The molecule has 0 saturated carbocycles. The van der Waals surface area contributed by atoms with Crippen molar-refractivity contribution >= 4 is 67.6 Å². The van der Waals surface area contributed by atoms with Gasteiger partial charge in [0, 0.05) is 29.2 Å². The van der Waals surface area contributed by atoms with E-state index in [1.54, 1.807) is 0 Å². The summed E-state index contributed by atoms with van der Waals surface area (Å²) in [6.07, 6.45) is -0.544. The fourth-order valence-corrected chi connectivity index (χ4v) is 5.76. The Morgan fingerprint density at radius 2 is 1.63 bits per heavy atom. The summed E-state index contributed by atoms with van der Waals surface area (Å²) in [6, 6.07) is 11.5. The molecule has 3 aromatic carbocycles. The Labute approximate surface area is 253 Å². The lowest BCUT2D eigenvalue weighted by molar-refractivity contribution is -0.140. The molecule has 4 rings (SSSR count). The van der Waals surface area contributed by atoms with Crippen LogP contribution in [0.4, 0.5) is 5.69 Å². The number of amides is 2. The van der Waals surface area contributed by atoms with E-state index < -0.39 is 51.5 Å². The number of carboxylic acids is 1. The number of aromatic nitrogens is 2. The molecule has 0 aliphatic carbocycles. The van der Waals surface area contributed by atoms with Crippen molar-refractivity contribution in [2.75, 3.05) is 5.32 Å². The number of aliphatic carboxylic acids is 1. The van der Waals surface area contributed by atoms with E-state index in [1.807, 2.05) is 0 Å². The van der Waals surface area contributed by atoms with E-state index in [2.05, 4.69) is 10.6 Å². The first-order chi connectivity index (χ1) is 20.2. The maximum atomic E-state index is 14.1. The van der Waals surface area contributed by atoms with Gasteiger partial charge in [0.05, 0.1) is 27.9 Å². The van der Waals surface area contributed by atoms with Gasteiger partial charge in [0.1, 0.15) is 6.04 Å². The second kappa shape index (κ2) is 12.4. The van der Waals surface area contributed by atoms with Gasteiger partial charge in [-0.15, -0.1) is 3.97 Å². The number of halogens is 2.